The summed E-state index contributed by atoms with van der Waals surface area (Å²) in [5.74, 6) is 0.304. The predicted molar refractivity (Wildman–Crippen MR) is 92.2 cm³/mol. The fourth-order valence-corrected chi connectivity index (χ4v) is 4.25. The average Bonchev–Trinajstić information content (AvgIpc) is 3.05. The first-order chi connectivity index (χ1) is 12.7. The zero-order valence-corrected chi connectivity index (χ0v) is 14.0. The Balaban J connectivity index is 1.69. The summed E-state index contributed by atoms with van der Waals surface area (Å²) in [6.45, 7) is 1.52. The molecule has 7 heteroatoms. The van der Waals surface area contributed by atoms with Gasteiger partial charge in [0, 0.05) is 29.8 Å². The number of hydrogen-bond acceptors (Lipinski definition) is 6. The van der Waals surface area contributed by atoms with Crippen LogP contribution in [-0.4, -0.2) is 36.9 Å². The molecule has 2 N–H and O–H groups in total. The Morgan fingerprint density at radius 1 is 1.27 bits per heavy atom. The summed E-state index contributed by atoms with van der Waals surface area (Å²) in [6, 6.07) is 9.22. The Kier molecular flexibility index (Phi) is 3.40. The molecular formula is C19H18FN3O3. The van der Waals surface area contributed by atoms with Gasteiger partial charge in [-0.15, -0.1) is 0 Å². The van der Waals surface area contributed by atoms with Crippen molar-refractivity contribution in [2.24, 2.45) is 16.6 Å². The number of fused-ring (bicyclic) bond motifs is 4. The van der Waals surface area contributed by atoms with Crippen molar-refractivity contribution in [3.63, 3.8) is 0 Å². The first kappa shape index (κ1) is 15.6. The number of benzene rings is 1. The van der Waals surface area contributed by atoms with Crippen molar-refractivity contribution in [2.45, 2.75) is 18.1 Å². The minimum absolute atomic E-state index is 0.0961. The van der Waals surface area contributed by atoms with E-state index in [1.165, 1.54) is 6.20 Å². The molecule has 1 spiro atoms. The lowest BCUT2D eigenvalue weighted by Crippen LogP contribution is -2.52. The molecule has 1 saturated heterocycles. The smallest absolute Gasteiger partial charge is 0.283 e. The molecule has 0 unspecified atom stereocenters. The van der Waals surface area contributed by atoms with Crippen LogP contribution in [0.4, 0.5) is 4.39 Å². The molecule has 0 radical (unpaired) electrons. The molecule has 0 bridgehead atoms. The summed E-state index contributed by atoms with van der Waals surface area (Å²) in [5.41, 5.74) is 7.30. The zero-order chi connectivity index (χ0) is 17.7. The SMILES string of the molecule is NC1=N[C@@]2(CO1)c1cc(-c3cccnc3F)ccc1O[C@H]1COCC[C@@H]12. The van der Waals surface area contributed by atoms with Gasteiger partial charge in [0.2, 0.25) is 5.95 Å². The lowest BCUT2D eigenvalue weighted by atomic mass is 9.71. The van der Waals surface area contributed by atoms with Gasteiger partial charge < -0.3 is 19.9 Å². The van der Waals surface area contributed by atoms with Crippen LogP contribution in [0.3, 0.4) is 0 Å². The highest BCUT2D eigenvalue weighted by atomic mass is 19.1. The molecule has 3 atom stereocenters. The Labute approximate surface area is 149 Å². The van der Waals surface area contributed by atoms with Crippen LogP contribution >= 0.6 is 0 Å². The molecule has 2 aromatic rings. The van der Waals surface area contributed by atoms with Gasteiger partial charge in [-0.2, -0.15) is 4.39 Å². The lowest BCUT2D eigenvalue weighted by Gasteiger charge is -2.45. The zero-order valence-electron chi connectivity index (χ0n) is 14.0. The highest BCUT2D eigenvalue weighted by Crippen LogP contribution is 2.51. The topological polar surface area (TPSA) is 79.0 Å². The van der Waals surface area contributed by atoms with E-state index in [1.54, 1.807) is 12.1 Å². The minimum Gasteiger partial charge on any atom is -0.487 e. The molecule has 1 aromatic carbocycles. The van der Waals surface area contributed by atoms with Crippen LogP contribution in [-0.2, 0) is 15.0 Å². The number of halogens is 1. The molecule has 0 amide bonds. The first-order valence-electron chi connectivity index (χ1n) is 8.65. The van der Waals surface area contributed by atoms with E-state index in [1.807, 2.05) is 18.2 Å². The number of nitrogens with zero attached hydrogens (tertiary/aromatic N) is 2. The van der Waals surface area contributed by atoms with E-state index in [4.69, 9.17) is 19.9 Å². The van der Waals surface area contributed by atoms with Crippen molar-refractivity contribution < 1.29 is 18.6 Å². The second kappa shape index (κ2) is 5.67. The van der Waals surface area contributed by atoms with Gasteiger partial charge in [0.15, 0.2) is 0 Å². The van der Waals surface area contributed by atoms with E-state index in [9.17, 15) is 4.39 Å². The summed E-state index contributed by atoms with van der Waals surface area (Å²) in [7, 11) is 0. The molecule has 1 aromatic heterocycles. The highest BCUT2D eigenvalue weighted by Gasteiger charge is 2.54. The van der Waals surface area contributed by atoms with E-state index in [2.05, 4.69) is 9.98 Å². The maximum Gasteiger partial charge on any atom is 0.283 e. The van der Waals surface area contributed by atoms with Crippen LogP contribution in [0.25, 0.3) is 11.1 Å². The summed E-state index contributed by atoms with van der Waals surface area (Å²) in [4.78, 5) is 8.44. The molecule has 3 aliphatic rings. The standard InChI is InChI=1S/C19H18FN3O3/c20-17-12(2-1-6-22-17)11-3-4-15-14(8-11)19(10-25-18(21)23-19)13-5-7-24-9-16(13)26-15/h1-4,6,8,13,16H,5,7,9-10H2,(H2,21,23)/t13-,16-,19+/m0/s1. The van der Waals surface area contributed by atoms with Crippen molar-refractivity contribution >= 4 is 6.02 Å². The van der Waals surface area contributed by atoms with Crippen LogP contribution in [0.5, 0.6) is 5.75 Å². The van der Waals surface area contributed by atoms with E-state index in [0.717, 1.165) is 17.5 Å². The third kappa shape index (κ3) is 2.20. The van der Waals surface area contributed by atoms with Crippen LogP contribution < -0.4 is 10.5 Å². The highest BCUT2D eigenvalue weighted by molar-refractivity contribution is 5.75. The van der Waals surface area contributed by atoms with Crippen molar-refractivity contribution in [3.05, 3.63) is 48.0 Å². The minimum atomic E-state index is -0.624. The molecule has 5 rings (SSSR count). The van der Waals surface area contributed by atoms with Gasteiger partial charge in [-0.3, -0.25) is 0 Å². The maximum atomic E-state index is 14.2. The number of nitrogens with two attached hydrogens (primary N) is 1. The largest absolute Gasteiger partial charge is 0.487 e. The van der Waals surface area contributed by atoms with Gasteiger partial charge in [0.25, 0.3) is 6.02 Å². The van der Waals surface area contributed by atoms with Gasteiger partial charge in [-0.25, -0.2) is 9.98 Å². The van der Waals surface area contributed by atoms with Crippen LogP contribution in [0.2, 0.25) is 0 Å². The molecule has 3 aliphatic heterocycles. The van der Waals surface area contributed by atoms with Crippen molar-refractivity contribution in [1.82, 2.24) is 4.98 Å². The quantitative estimate of drug-likeness (QED) is 0.794. The van der Waals surface area contributed by atoms with Crippen LogP contribution in [0.1, 0.15) is 12.0 Å². The molecule has 0 aliphatic carbocycles. The second-order valence-corrected chi connectivity index (χ2v) is 6.84. The van der Waals surface area contributed by atoms with E-state index in [0.29, 0.717) is 31.1 Å². The number of rotatable bonds is 1. The fourth-order valence-electron chi connectivity index (χ4n) is 4.25. The summed E-state index contributed by atoms with van der Waals surface area (Å²) >= 11 is 0. The Morgan fingerprint density at radius 3 is 3.00 bits per heavy atom. The maximum absolute atomic E-state index is 14.2. The van der Waals surface area contributed by atoms with Gasteiger partial charge in [0.1, 0.15) is 24.0 Å². The Bertz CT molecular complexity index is 903. The number of aromatic nitrogens is 1. The van der Waals surface area contributed by atoms with Gasteiger partial charge in [-0.05, 0) is 36.2 Å². The van der Waals surface area contributed by atoms with E-state index < -0.39 is 11.5 Å². The van der Waals surface area contributed by atoms with Crippen molar-refractivity contribution in [2.75, 3.05) is 19.8 Å². The molecule has 134 valence electrons. The average molecular weight is 355 g/mol. The molecule has 1 fully saturated rings. The van der Waals surface area contributed by atoms with Crippen molar-refractivity contribution in [1.29, 1.82) is 0 Å². The Morgan fingerprint density at radius 2 is 2.19 bits per heavy atom. The van der Waals surface area contributed by atoms with E-state index in [-0.39, 0.29) is 18.0 Å². The second-order valence-electron chi connectivity index (χ2n) is 6.84. The number of aliphatic imine (C=N–C) groups is 1. The number of amidine groups is 1. The molecule has 4 heterocycles. The third-order valence-corrected chi connectivity index (χ3v) is 5.46. The number of ether oxygens (including phenoxy) is 3. The van der Waals surface area contributed by atoms with Gasteiger partial charge >= 0.3 is 0 Å². The van der Waals surface area contributed by atoms with E-state index >= 15 is 0 Å². The fraction of sp³-hybridized carbons (Fsp3) is 0.368. The van der Waals surface area contributed by atoms with Crippen molar-refractivity contribution in [3.8, 4) is 16.9 Å². The summed E-state index contributed by atoms with van der Waals surface area (Å²) < 4.78 is 31.5. The molecule has 26 heavy (non-hydrogen) atoms. The van der Waals surface area contributed by atoms with Gasteiger partial charge in [-0.1, -0.05) is 6.07 Å². The predicted octanol–water partition coefficient (Wildman–Crippen LogP) is 2.23. The normalized spacial score (nSPS) is 29.3. The van der Waals surface area contributed by atoms with Gasteiger partial charge in [0.05, 0.1) is 6.61 Å². The summed E-state index contributed by atoms with van der Waals surface area (Å²) in [6.07, 6.45) is 2.13. The van der Waals surface area contributed by atoms with Crippen LogP contribution in [0.15, 0.2) is 41.5 Å². The molecule has 0 saturated carbocycles. The van der Waals surface area contributed by atoms with Crippen LogP contribution in [0, 0.1) is 11.9 Å². The summed E-state index contributed by atoms with van der Waals surface area (Å²) in [5, 5.41) is 0. The monoisotopic (exact) mass is 355 g/mol. The third-order valence-electron chi connectivity index (χ3n) is 5.46. The first-order valence-corrected chi connectivity index (χ1v) is 8.65. The molecular weight excluding hydrogens is 337 g/mol. The Hall–Kier alpha value is -2.67. The number of hydrogen-bond donors (Lipinski definition) is 1. The lowest BCUT2D eigenvalue weighted by molar-refractivity contribution is -0.0732. The number of pyridine rings is 1. The molecule has 6 nitrogen and oxygen atoms in total.